The number of aliphatic hydroxyl groups excluding tert-OH is 1. The standard InChI is InChI=1S/C24H32O6/c1-6-7-17(26)30-21-14(11-25)9-15-18-16(22(18,4)5)8-13(3)23(20(15)28)10-12(2)19(27)24(21,23)29/h9-10,13,15-16,18,21,25,29H,6-8,11H2,1-5H3. The smallest absolute Gasteiger partial charge is 0.306 e. The fourth-order valence-corrected chi connectivity index (χ4v) is 6.77. The molecule has 0 aliphatic heterocycles. The van der Waals surface area contributed by atoms with E-state index in [1.54, 1.807) is 19.1 Å². The molecule has 2 bridgehead atoms. The van der Waals surface area contributed by atoms with E-state index in [2.05, 4.69) is 13.8 Å². The molecular weight excluding hydrogens is 384 g/mol. The van der Waals surface area contributed by atoms with E-state index in [1.165, 1.54) is 0 Å². The number of hydrogen-bond donors (Lipinski definition) is 2. The number of rotatable bonds is 4. The van der Waals surface area contributed by atoms with Crippen LogP contribution < -0.4 is 0 Å². The minimum Gasteiger partial charge on any atom is -0.454 e. The van der Waals surface area contributed by atoms with Gasteiger partial charge in [-0.3, -0.25) is 14.4 Å². The fourth-order valence-electron chi connectivity index (χ4n) is 6.77. The van der Waals surface area contributed by atoms with Crippen LogP contribution in [-0.4, -0.2) is 46.1 Å². The molecule has 2 fully saturated rings. The van der Waals surface area contributed by atoms with Crippen LogP contribution in [0.2, 0.25) is 0 Å². The van der Waals surface area contributed by atoms with E-state index in [4.69, 9.17) is 4.74 Å². The summed E-state index contributed by atoms with van der Waals surface area (Å²) in [5, 5.41) is 22.2. The van der Waals surface area contributed by atoms with Crippen LogP contribution in [0.4, 0.5) is 0 Å². The van der Waals surface area contributed by atoms with Gasteiger partial charge in [0.2, 0.25) is 0 Å². The molecule has 0 radical (unpaired) electrons. The summed E-state index contributed by atoms with van der Waals surface area (Å²) in [5.74, 6) is -1.81. The number of hydrogen-bond acceptors (Lipinski definition) is 6. The number of Topliss-reactive ketones (excluding diaryl/α,β-unsaturated/α-hetero) is 2. The van der Waals surface area contributed by atoms with Gasteiger partial charge in [-0.2, -0.15) is 0 Å². The molecule has 4 rings (SSSR count). The summed E-state index contributed by atoms with van der Waals surface area (Å²) < 4.78 is 5.67. The number of esters is 1. The van der Waals surface area contributed by atoms with Crippen molar-refractivity contribution in [1.82, 2.24) is 0 Å². The third kappa shape index (κ3) is 2.41. The van der Waals surface area contributed by atoms with Crippen LogP contribution in [0.3, 0.4) is 0 Å². The summed E-state index contributed by atoms with van der Waals surface area (Å²) >= 11 is 0. The average molecular weight is 417 g/mol. The van der Waals surface area contributed by atoms with Crippen LogP contribution in [0, 0.1) is 34.5 Å². The lowest BCUT2D eigenvalue weighted by Crippen LogP contribution is -2.64. The van der Waals surface area contributed by atoms with Gasteiger partial charge in [-0.25, -0.2) is 0 Å². The highest BCUT2D eigenvalue weighted by Gasteiger charge is 2.76. The summed E-state index contributed by atoms with van der Waals surface area (Å²) in [4.78, 5) is 39.9. The van der Waals surface area contributed by atoms with Gasteiger partial charge >= 0.3 is 5.97 Å². The molecular formula is C24H32O6. The number of fused-ring (bicyclic) bond motifs is 3. The normalized spacial score (nSPS) is 43.6. The minimum atomic E-state index is -2.23. The van der Waals surface area contributed by atoms with Gasteiger partial charge in [-0.15, -0.1) is 0 Å². The lowest BCUT2D eigenvalue weighted by atomic mass is 9.59. The van der Waals surface area contributed by atoms with Crippen LogP contribution in [0.5, 0.6) is 0 Å². The minimum absolute atomic E-state index is 0.0362. The van der Waals surface area contributed by atoms with Gasteiger partial charge < -0.3 is 14.9 Å². The maximum atomic E-state index is 14.1. The number of ether oxygens (including phenoxy) is 1. The van der Waals surface area contributed by atoms with Crippen LogP contribution in [-0.2, 0) is 19.1 Å². The quantitative estimate of drug-likeness (QED) is 0.539. The molecule has 0 saturated heterocycles. The molecule has 0 aromatic rings. The predicted octanol–water partition coefficient (Wildman–Crippen LogP) is 2.37. The highest BCUT2D eigenvalue weighted by atomic mass is 16.6. The predicted molar refractivity (Wildman–Crippen MR) is 109 cm³/mol. The van der Waals surface area contributed by atoms with E-state index < -0.39 is 41.4 Å². The molecule has 0 aromatic carbocycles. The molecule has 0 aromatic heterocycles. The Morgan fingerprint density at radius 2 is 1.97 bits per heavy atom. The van der Waals surface area contributed by atoms with Crippen molar-refractivity contribution in [3.63, 3.8) is 0 Å². The molecule has 7 atom stereocenters. The molecule has 1 spiro atoms. The molecule has 6 nitrogen and oxygen atoms in total. The van der Waals surface area contributed by atoms with Crippen LogP contribution in [0.25, 0.3) is 0 Å². The molecule has 0 amide bonds. The number of ketones is 2. The zero-order valence-electron chi connectivity index (χ0n) is 18.4. The van der Waals surface area contributed by atoms with Crippen molar-refractivity contribution in [2.45, 2.75) is 65.6 Å². The topological polar surface area (TPSA) is 101 Å². The van der Waals surface area contributed by atoms with Gasteiger partial charge in [-0.05, 0) is 54.1 Å². The second-order valence-electron chi connectivity index (χ2n) is 10.3. The van der Waals surface area contributed by atoms with Gasteiger partial charge in [-0.1, -0.05) is 39.8 Å². The largest absolute Gasteiger partial charge is 0.454 e. The van der Waals surface area contributed by atoms with Crippen LogP contribution >= 0.6 is 0 Å². The molecule has 164 valence electrons. The first kappa shape index (κ1) is 21.4. The van der Waals surface area contributed by atoms with Crippen molar-refractivity contribution in [1.29, 1.82) is 0 Å². The van der Waals surface area contributed by atoms with E-state index in [9.17, 15) is 24.6 Å². The summed E-state index contributed by atoms with van der Waals surface area (Å²) in [7, 11) is 0. The Morgan fingerprint density at radius 1 is 1.30 bits per heavy atom. The maximum absolute atomic E-state index is 14.1. The molecule has 4 aliphatic carbocycles. The lowest BCUT2D eigenvalue weighted by Gasteiger charge is -2.46. The van der Waals surface area contributed by atoms with E-state index in [-0.39, 0.29) is 35.0 Å². The van der Waals surface area contributed by atoms with E-state index in [0.29, 0.717) is 24.3 Å². The second kappa shape index (κ2) is 6.60. The maximum Gasteiger partial charge on any atom is 0.306 e. The van der Waals surface area contributed by atoms with Gasteiger partial charge in [0.15, 0.2) is 23.3 Å². The van der Waals surface area contributed by atoms with Crippen molar-refractivity contribution in [3.05, 3.63) is 23.3 Å². The monoisotopic (exact) mass is 416 g/mol. The molecule has 0 heterocycles. The van der Waals surface area contributed by atoms with E-state index >= 15 is 0 Å². The Labute approximate surface area is 177 Å². The number of carbonyl (C=O) groups is 3. The highest BCUT2D eigenvalue weighted by molar-refractivity contribution is 6.13. The third-order valence-corrected chi connectivity index (χ3v) is 8.40. The second-order valence-corrected chi connectivity index (χ2v) is 10.3. The Bertz CT molecular complexity index is 882. The summed E-state index contributed by atoms with van der Waals surface area (Å²) in [6.45, 7) is 9.13. The summed E-state index contributed by atoms with van der Waals surface area (Å²) in [6, 6.07) is 0. The first-order valence-corrected chi connectivity index (χ1v) is 11.0. The Kier molecular flexibility index (Phi) is 4.72. The van der Waals surface area contributed by atoms with Gasteiger partial charge in [0.1, 0.15) is 0 Å². The van der Waals surface area contributed by atoms with Crippen molar-refractivity contribution >= 4 is 17.5 Å². The first-order chi connectivity index (χ1) is 14.0. The highest BCUT2D eigenvalue weighted by Crippen LogP contribution is 2.71. The molecule has 7 unspecified atom stereocenters. The summed E-state index contributed by atoms with van der Waals surface area (Å²) in [5.41, 5.74) is -3.18. The molecule has 2 saturated carbocycles. The van der Waals surface area contributed by atoms with Gasteiger partial charge in [0.25, 0.3) is 0 Å². The van der Waals surface area contributed by atoms with Crippen LogP contribution in [0.1, 0.15) is 53.9 Å². The number of carbonyl (C=O) groups excluding carboxylic acids is 3. The SMILES string of the molecule is CCCC(=O)OC1C(CO)=CC2C(=O)C3(C=C(C)C(=O)C13O)C(C)CC1C2C1(C)C. The molecule has 4 aliphatic rings. The number of aliphatic hydroxyl groups is 2. The Hall–Kier alpha value is -1.79. The van der Waals surface area contributed by atoms with Crippen molar-refractivity contribution in [2.24, 2.45) is 34.5 Å². The van der Waals surface area contributed by atoms with Crippen molar-refractivity contribution in [2.75, 3.05) is 6.61 Å². The molecule has 6 heteroatoms. The lowest BCUT2D eigenvalue weighted by molar-refractivity contribution is -0.186. The zero-order chi connectivity index (χ0) is 22.2. The van der Waals surface area contributed by atoms with E-state index in [1.807, 2.05) is 13.8 Å². The Morgan fingerprint density at radius 3 is 2.57 bits per heavy atom. The Balaban J connectivity index is 1.96. The zero-order valence-corrected chi connectivity index (χ0v) is 18.4. The van der Waals surface area contributed by atoms with Crippen LogP contribution in [0.15, 0.2) is 23.3 Å². The number of allylic oxidation sites excluding steroid dienone is 1. The van der Waals surface area contributed by atoms with Crippen molar-refractivity contribution in [3.8, 4) is 0 Å². The van der Waals surface area contributed by atoms with Gasteiger partial charge in [0.05, 0.1) is 12.0 Å². The fraction of sp³-hybridized carbons (Fsp3) is 0.708. The molecule has 30 heavy (non-hydrogen) atoms. The summed E-state index contributed by atoms with van der Waals surface area (Å²) in [6.07, 6.45) is 3.32. The molecule has 2 N–H and O–H groups in total. The van der Waals surface area contributed by atoms with Crippen molar-refractivity contribution < 1.29 is 29.3 Å². The average Bonchev–Trinajstić information content (AvgIpc) is 3.18. The third-order valence-electron chi connectivity index (χ3n) is 8.40. The van der Waals surface area contributed by atoms with E-state index in [0.717, 1.165) is 0 Å². The van der Waals surface area contributed by atoms with Gasteiger partial charge in [0, 0.05) is 12.3 Å². The first-order valence-electron chi connectivity index (χ1n) is 11.0.